The summed E-state index contributed by atoms with van der Waals surface area (Å²) < 4.78 is 1.93. The van der Waals surface area contributed by atoms with Gasteiger partial charge in [-0.1, -0.05) is 35.3 Å². The van der Waals surface area contributed by atoms with Crippen LogP contribution in [0.2, 0.25) is 10.0 Å². The lowest BCUT2D eigenvalue weighted by atomic mass is 9.76. The summed E-state index contributed by atoms with van der Waals surface area (Å²) in [5, 5.41) is 12.4. The van der Waals surface area contributed by atoms with E-state index in [1.54, 1.807) is 12.5 Å². The average Bonchev–Trinajstić information content (AvgIpc) is 3.09. The highest BCUT2D eigenvalue weighted by Gasteiger charge is 2.29. The van der Waals surface area contributed by atoms with Crippen LogP contribution in [0.1, 0.15) is 49.0 Å². The fourth-order valence-electron chi connectivity index (χ4n) is 3.99. The minimum absolute atomic E-state index is 0.243. The molecule has 4 rings (SSSR count). The average molecular weight is 375 g/mol. The van der Waals surface area contributed by atoms with Gasteiger partial charge in [-0.3, -0.25) is 0 Å². The first-order chi connectivity index (χ1) is 12.1. The number of benzene rings is 1. The van der Waals surface area contributed by atoms with E-state index in [4.69, 9.17) is 23.2 Å². The Bertz CT molecular complexity index is 867. The molecule has 1 aliphatic rings. The first-order valence-electron chi connectivity index (χ1n) is 8.67. The van der Waals surface area contributed by atoms with Crippen molar-refractivity contribution in [3.8, 4) is 0 Å². The van der Waals surface area contributed by atoms with Crippen molar-refractivity contribution in [1.29, 1.82) is 0 Å². The van der Waals surface area contributed by atoms with Crippen molar-refractivity contribution in [3.05, 3.63) is 70.2 Å². The minimum Gasteiger partial charge on any atom is -0.387 e. The maximum Gasteiger partial charge on any atom is 0.0995 e. The second-order valence-electron chi connectivity index (χ2n) is 6.90. The van der Waals surface area contributed by atoms with Gasteiger partial charge in [-0.2, -0.15) is 0 Å². The van der Waals surface area contributed by atoms with Crippen molar-refractivity contribution in [2.45, 2.75) is 37.7 Å². The van der Waals surface area contributed by atoms with E-state index in [0.717, 1.165) is 41.9 Å². The number of pyridine rings is 1. The maximum atomic E-state index is 11.0. The molecule has 3 nitrogen and oxygen atoms in total. The number of aromatic nitrogens is 2. The summed E-state index contributed by atoms with van der Waals surface area (Å²) in [6, 6.07) is 11.9. The molecule has 3 aromatic rings. The smallest absolute Gasteiger partial charge is 0.0995 e. The quantitative estimate of drug-likeness (QED) is 0.643. The predicted molar refractivity (Wildman–Crippen MR) is 101 cm³/mol. The summed E-state index contributed by atoms with van der Waals surface area (Å²) >= 11 is 12.2. The Morgan fingerprint density at radius 1 is 1.00 bits per heavy atom. The van der Waals surface area contributed by atoms with Gasteiger partial charge < -0.3 is 9.51 Å². The monoisotopic (exact) mass is 374 g/mol. The molecule has 0 unspecified atom stereocenters. The highest BCUT2D eigenvalue weighted by Crippen LogP contribution is 2.41. The van der Waals surface area contributed by atoms with E-state index in [9.17, 15) is 5.11 Å². The van der Waals surface area contributed by atoms with E-state index in [0.29, 0.717) is 10.9 Å². The Hall–Kier alpha value is -1.55. The third-order valence-corrected chi connectivity index (χ3v) is 5.85. The Morgan fingerprint density at radius 3 is 2.44 bits per heavy atom. The van der Waals surface area contributed by atoms with Crippen molar-refractivity contribution in [2.24, 2.45) is 5.92 Å². The Kier molecular flexibility index (Phi) is 4.72. The molecule has 0 bridgehead atoms. The van der Waals surface area contributed by atoms with Gasteiger partial charge in [0.05, 0.1) is 29.8 Å². The molecule has 0 aliphatic heterocycles. The van der Waals surface area contributed by atoms with E-state index in [1.165, 1.54) is 5.56 Å². The van der Waals surface area contributed by atoms with Crippen molar-refractivity contribution in [1.82, 2.24) is 9.38 Å². The van der Waals surface area contributed by atoms with Gasteiger partial charge in [-0.05, 0) is 67.3 Å². The van der Waals surface area contributed by atoms with Crippen LogP contribution in [0.25, 0.3) is 5.52 Å². The van der Waals surface area contributed by atoms with Crippen LogP contribution in [0.3, 0.4) is 0 Å². The van der Waals surface area contributed by atoms with Gasteiger partial charge in [0.15, 0.2) is 0 Å². The number of rotatable bonds is 3. The zero-order chi connectivity index (χ0) is 17.4. The molecule has 1 aliphatic carbocycles. The van der Waals surface area contributed by atoms with E-state index in [1.807, 2.05) is 28.7 Å². The van der Waals surface area contributed by atoms with Crippen molar-refractivity contribution in [2.75, 3.05) is 0 Å². The van der Waals surface area contributed by atoms with E-state index in [2.05, 4.69) is 17.1 Å². The van der Waals surface area contributed by atoms with Crippen LogP contribution in [-0.4, -0.2) is 14.5 Å². The minimum atomic E-state index is -0.526. The normalized spacial score (nSPS) is 22.2. The number of hydrogen-bond acceptors (Lipinski definition) is 2. The molecular formula is C20H20Cl2N2O. The van der Waals surface area contributed by atoms with Gasteiger partial charge in [0.25, 0.3) is 0 Å². The molecule has 1 aromatic carbocycles. The fraction of sp³-hybridized carbons (Fsp3) is 0.350. The van der Waals surface area contributed by atoms with E-state index in [-0.39, 0.29) is 5.92 Å². The summed E-state index contributed by atoms with van der Waals surface area (Å²) in [5.74, 6) is 0.793. The number of aliphatic hydroxyl groups excluding tert-OH is 1. The maximum absolute atomic E-state index is 11.0. The van der Waals surface area contributed by atoms with Crippen LogP contribution in [0.15, 0.2) is 48.9 Å². The topological polar surface area (TPSA) is 37.5 Å². The predicted octanol–water partition coefficient (Wildman–Crippen LogP) is 5.65. The lowest BCUT2D eigenvalue weighted by Gasteiger charge is -2.32. The highest BCUT2D eigenvalue weighted by molar-refractivity contribution is 6.31. The molecule has 25 heavy (non-hydrogen) atoms. The molecule has 1 fully saturated rings. The molecule has 1 atom stereocenters. The second-order valence-corrected chi connectivity index (χ2v) is 7.77. The summed E-state index contributed by atoms with van der Waals surface area (Å²) in [6.45, 7) is 0. The molecular weight excluding hydrogens is 355 g/mol. The number of fused-ring (bicyclic) bond motifs is 1. The molecule has 0 radical (unpaired) electrons. The Balaban J connectivity index is 1.50. The third-order valence-electron chi connectivity index (χ3n) is 5.38. The van der Waals surface area contributed by atoms with Gasteiger partial charge >= 0.3 is 0 Å². The first-order valence-corrected chi connectivity index (χ1v) is 9.42. The van der Waals surface area contributed by atoms with E-state index >= 15 is 0 Å². The number of halogens is 2. The zero-order valence-corrected chi connectivity index (χ0v) is 15.3. The highest BCUT2D eigenvalue weighted by atomic mass is 35.5. The van der Waals surface area contributed by atoms with Gasteiger partial charge in [-0.25, -0.2) is 4.98 Å². The summed E-state index contributed by atoms with van der Waals surface area (Å²) in [6.07, 6.45) is 7.13. The van der Waals surface area contributed by atoms with Crippen molar-refractivity contribution >= 4 is 28.7 Å². The molecule has 0 saturated heterocycles. The van der Waals surface area contributed by atoms with Crippen LogP contribution in [-0.2, 0) is 0 Å². The van der Waals surface area contributed by atoms with Gasteiger partial charge in [0, 0.05) is 10.0 Å². The summed E-state index contributed by atoms with van der Waals surface area (Å²) in [4.78, 5) is 4.17. The molecule has 0 spiro atoms. The van der Waals surface area contributed by atoms with Gasteiger partial charge in [0.1, 0.15) is 0 Å². The van der Waals surface area contributed by atoms with Crippen molar-refractivity contribution < 1.29 is 5.11 Å². The second kappa shape index (κ2) is 6.99. The molecule has 1 saturated carbocycles. The van der Waals surface area contributed by atoms with Crippen LogP contribution >= 0.6 is 23.2 Å². The number of imidazole rings is 1. The number of hydrogen-bond donors (Lipinski definition) is 1. The molecule has 1 N–H and O–H groups in total. The molecule has 130 valence electrons. The standard InChI is InChI=1S/C20H20Cl2N2O/c21-16-7-5-14(6-8-16)13-1-3-15(4-2-13)20(25)19-10-17(22)9-18-11-23-12-24(18)19/h5-13,15,20,25H,1-4H2/t13?,15?,20-/m0/s1. The molecule has 5 heteroatoms. The molecule has 2 aromatic heterocycles. The van der Waals surface area contributed by atoms with Crippen LogP contribution in [0, 0.1) is 5.92 Å². The SMILES string of the molecule is O[C@H](c1cc(Cl)cc2cncn12)C1CCC(c2ccc(Cl)cc2)CC1. The Labute approximate surface area is 157 Å². The molecule has 2 heterocycles. The fourth-order valence-corrected chi connectivity index (χ4v) is 4.34. The van der Waals surface area contributed by atoms with Crippen molar-refractivity contribution in [3.63, 3.8) is 0 Å². The van der Waals surface area contributed by atoms with Gasteiger partial charge in [0.2, 0.25) is 0 Å². The molecule has 0 amide bonds. The lowest BCUT2D eigenvalue weighted by Crippen LogP contribution is -2.21. The van der Waals surface area contributed by atoms with E-state index < -0.39 is 6.10 Å². The number of nitrogens with zero attached hydrogens (tertiary/aromatic N) is 2. The summed E-state index contributed by atoms with van der Waals surface area (Å²) in [5.41, 5.74) is 3.09. The zero-order valence-electron chi connectivity index (χ0n) is 13.8. The lowest BCUT2D eigenvalue weighted by molar-refractivity contribution is 0.0763. The Morgan fingerprint density at radius 2 is 1.72 bits per heavy atom. The summed E-state index contributed by atoms with van der Waals surface area (Å²) in [7, 11) is 0. The van der Waals surface area contributed by atoms with Crippen LogP contribution < -0.4 is 0 Å². The largest absolute Gasteiger partial charge is 0.387 e. The van der Waals surface area contributed by atoms with Crippen LogP contribution in [0.5, 0.6) is 0 Å². The van der Waals surface area contributed by atoms with Gasteiger partial charge in [-0.15, -0.1) is 0 Å². The first kappa shape index (κ1) is 16.9. The van der Waals surface area contributed by atoms with Crippen LogP contribution in [0.4, 0.5) is 0 Å². The number of aliphatic hydroxyl groups is 1. The third kappa shape index (κ3) is 3.41.